The molecule has 0 aromatic rings. The van der Waals surface area contributed by atoms with E-state index >= 15 is 0 Å². The number of carbonyl (C=O) groups is 2. The number of carboxylic acid groups (broad SMARTS) is 1. The molecule has 4 N–H and O–H groups in total. The van der Waals surface area contributed by atoms with Gasteiger partial charge in [-0.1, -0.05) is 19.9 Å². The predicted molar refractivity (Wildman–Crippen MR) is 68.9 cm³/mol. The Morgan fingerprint density at radius 3 is 2.50 bits per heavy atom. The molecule has 1 aliphatic carbocycles. The maximum absolute atomic E-state index is 11.2. The topological polar surface area (TPSA) is 92.4 Å². The third kappa shape index (κ3) is 3.57. The van der Waals surface area contributed by atoms with Crippen molar-refractivity contribution in [2.45, 2.75) is 45.7 Å². The second-order valence-corrected chi connectivity index (χ2v) is 5.27. The van der Waals surface area contributed by atoms with Crippen molar-refractivity contribution in [1.29, 1.82) is 0 Å². The van der Waals surface area contributed by atoms with Crippen LogP contribution < -0.4 is 11.1 Å². The van der Waals surface area contributed by atoms with Crippen LogP contribution in [0.4, 0.5) is 0 Å². The van der Waals surface area contributed by atoms with Gasteiger partial charge >= 0.3 is 5.97 Å². The van der Waals surface area contributed by atoms with Gasteiger partial charge in [-0.2, -0.15) is 0 Å². The zero-order chi connectivity index (χ0) is 13.9. The molecule has 0 heterocycles. The molecule has 0 saturated heterocycles. The molecule has 0 radical (unpaired) electrons. The minimum atomic E-state index is -0.899. The Morgan fingerprint density at radius 1 is 1.50 bits per heavy atom. The van der Waals surface area contributed by atoms with E-state index in [0.717, 1.165) is 0 Å². The lowest BCUT2D eigenvalue weighted by molar-refractivity contribution is -0.133. The Labute approximate surface area is 107 Å². The summed E-state index contributed by atoms with van der Waals surface area (Å²) in [6.45, 7) is 5.55. The summed E-state index contributed by atoms with van der Waals surface area (Å²) in [5, 5.41) is 11.9. The van der Waals surface area contributed by atoms with E-state index in [9.17, 15) is 9.59 Å². The van der Waals surface area contributed by atoms with Crippen molar-refractivity contribution in [1.82, 2.24) is 5.32 Å². The third-order valence-electron chi connectivity index (χ3n) is 3.47. The van der Waals surface area contributed by atoms with Gasteiger partial charge in [-0.3, -0.25) is 4.79 Å². The molecule has 1 amide bonds. The van der Waals surface area contributed by atoms with Gasteiger partial charge in [0.05, 0.1) is 0 Å². The van der Waals surface area contributed by atoms with Crippen molar-refractivity contribution in [2.24, 2.45) is 17.6 Å². The normalized spacial score (nSPS) is 25.5. The Kier molecular flexibility index (Phi) is 4.90. The fourth-order valence-corrected chi connectivity index (χ4v) is 2.53. The van der Waals surface area contributed by atoms with Gasteiger partial charge < -0.3 is 16.2 Å². The zero-order valence-corrected chi connectivity index (χ0v) is 11.1. The second-order valence-electron chi connectivity index (χ2n) is 5.27. The monoisotopic (exact) mass is 254 g/mol. The maximum atomic E-state index is 11.2. The van der Waals surface area contributed by atoms with Crippen LogP contribution in [0.25, 0.3) is 0 Å². The SMILES string of the molecule is CC(=O)N[C@@H](C(C)C)[C@H]1CC=C(C(=O)O)C[C@@H]1N. The van der Waals surface area contributed by atoms with Crippen LogP contribution in [0.5, 0.6) is 0 Å². The highest BCUT2D eigenvalue weighted by Crippen LogP contribution is 2.28. The van der Waals surface area contributed by atoms with E-state index in [4.69, 9.17) is 10.8 Å². The first kappa shape index (κ1) is 14.7. The van der Waals surface area contributed by atoms with Gasteiger partial charge in [0.2, 0.25) is 5.91 Å². The number of allylic oxidation sites excluding steroid dienone is 1. The molecule has 0 unspecified atom stereocenters. The van der Waals surface area contributed by atoms with E-state index in [2.05, 4.69) is 5.32 Å². The molecule has 0 aromatic heterocycles. The molecule has 0 aliphatic heterocycles. The Hall–Kier alpha value is -1.36. The maximum Gasteiger partial charge on any atom is 0.331 e. The number of amides is 1. The van der Waals surface area contributed by atoms with Gasteiger partial charge in [0.25, 0.3) is 0 Å². The van der Waals surface area contributed by atoms with Crippen LogP contribution in [0.3, 0.4) is 0 Å². The predicted octanol–water partition coefficient (Wildman–Crippen LogP) is 0.895. The van der Waals surface area contributed by atoms with E-state index in [1.54, 1.807) is 6.08 Å². The summed E-state index contributed by atoms with van der Waals surface area (Å²) in [6.07, 6.45) is 2.70. The second kappa shape index (κ2) is 6.00. The van der Waals surface area contributed by atoms with E-state index in [1.807, 2.05) is 13.8 Å². The van der Waals surface area contributed by atoms with Gasteiger partial charge in [0, 0.05) is 24.6 Å². The third-order valence-corrected chi connectivity index (χ3v) is 3.47. The van der Waals surface area contributed by atoms with Crippen molar-refractivity contribution in [3.63, 3.8) is 0 Å². The summed E-state index contributed by atoms with van der Waals surface area (Å²) in [5.41, 5.74) is 6.44. The number of aliphatic carboxylic acids is 1. The summed E-state index contributed by atoms with van der Waals surface area (Å²) < 4.78 is 0. The molecule has 3 atom stereocenters. The highest BCUT2D eigenvalue weighted by molar-refractivity contribution is 5.86. The summed E-state index contributed by atoms with van der Waals surface area (Å²) >= 11 is 0. The number of hydrogen-bond donors (Lipinski definition) is 3. The van der Waals surface area contributed by atoms with Crippen LogP contribution in [0.2, 0.25) is 0 Å². The number of rotatable bonds is 4. The van der Waals surface area contributed by atoms with Gasteiger partial charge in [0.1, 0.15) is 0 Å². The molecule has 0 aromatic carbocycles. The van der Waals surface area contributed by atoms with Crippen LogP contribution in [0.1, 0.15) is 33.6 Å². The van der Waals surface area contributed by atoms with Gasteiger partial charge in [-0.05, 0) is 24.7 Å². The number of nitrogens with one attached hydrogen (secondary N) is 1. The Bertz CT molecular complexity index is 363. The largest absolute Gasteiger partial charge is 0.478 e. The Morgan fingerprint density at radius 2 is 2.11 bits per heavy atom. The standard InChI is InChI=1S/C13H22N2O3/c1-7(2)12(15-8(3)16)10-5-4-9(13(17)18)6-11(10)14/h4,7,10-12H,5-6,14H2,1-3H3,(H,15,16)(H,17,18)/t10-,11-,12-/m0/s1. The number of hydrogen-bond acceptors (Lipinski definition) is 3. The van der Waals surface area contributed by atoms with Crippen LogP contribution >= 0.6 is 0 Å². The molecule has 5 heteroatoms. The molecular formula is C13H22N2O3. The van der Waals surface area contributed by atoms with Crippen molar-refractivity contribution in [3.05, 3.63) is 11.6 Å². The minimum absolute atomic E-state index is 0.0101. The summed E-state index contributed by atoms with van der Waals surface area (Å²) in [7, 11) is 0. The first-order valence-electron chi connectivity index (χ1n) is 6.28. The van der Waals surface area contributed by atoms with Crippen molar-refractivity contribution in [2.75, 3.05) is 0 Å². The molecule has 102 valence electrons. The van der Waals surface area contributed by atoms with Crippen LogP contribution in [0, 0.1) is 11.8 Å². The smallest absolute Gasteiger partial charge is 0.331 e. The zero-order valence-electron chi connectivity index (χ0n) is 11.1. The minimum Gasteiger partial charge on any atom is -0.478 e. The van der Waals surface area contributed by atoms with Crippen molar-refractivity contribution in [3.8, 4) is 0 Å². The summed E-state index contributed by atoms with van der Waals surface area (Å²) in [4.78, 5) is 22.1. The molecule has 0 spiro atoms. The average molecular weight is 254 g/mol. The lowest BCUT2D eigenvalue weighted by Crippen LogP contribution is -2.50. The molecular weight excluding hydrogens is 232 g/mol. The molecule has 0 bridgehead atoms. The average Bonchev–Trinajstić information content (AvgIpc) is 2.25. The van der Waals surface area contributed by atoms with Crippen LogP contribution in [-0.4, -0.2) is 29.1 Å². The molecule has 1 rings (SSSR count). The summed E-state index contributed by atoms with van der Waals surface area (Å²) in [5.74, 6) is -0.611. The molecule has 0 saturated carbocycles. The highest BCUT2D eigenvalue weighted by atomic mass is 16.4. The first-order valence-corrected chi connectivity index (χ1v) is 6.28. The first-order chi connectivity index (χ1) is 8.32. The van der Waals surface area contributed by atoms with Crippen LogP contribution in [0.15, 0.2) is 11.6 Å². The lowest BCUT2D eigenvalue weighted by atomic mass is 9.77. The van der Waals surface area contributed by atoms with Crippen molar-refractivity contribution < 1.29 is 14.7 Å². The van der Waals surface area contributed by atoms with Crippen molar-refractivity contribution >= 4 is 11.9 Å². The Balaban J connectivity index is 2.82. The number of carboxylic acids is 1. The molecule has 5 nitrogen and oxygen atoms in total. The van der Waals surface area contributed by atoms with E-state index in [1.165, 1.54) is 6.92 Å². The number of nitrogens with two attached hydrogens (primary N) is 1. The fraction of sp³-hybridized carbons (Fsp3) is 0.692. The molecule has 1 aliphatic rings. The van der Waals surface area contributed by atoms with Crippen LogP contribution in [-0.2, 0) is 9.59 Å². The fourth-order valence-electron chi connectivity index (χ4n) is 2.53. The van der Waals surface area contributed by atoms with Gasteiger partial charge in [-0.25, -0.2) is 4.79 Å². The van der Waals surface area contributed by atoms with Gasteiger partial charge in [-0.15, -0.1) is 0 Å². The van der Waals surface area contributed by atoms with E-state index in [0.29, 0.717) is 18.4 Å². The number of carbonyl (C=O) groups excluding carboxylic acids is 1. The quantitative estimate of drug-likeness (QED) is 0.695. The lowest BCUT2D eigenvalue weighted by Gasteiger charge is -2.36. The summed E-state index contributed by atoms with van der Waals surface area (Å²) in [6, 6.07) is -0.232. The van der Waals surface area contributed by atoms with E-state index in [-0.39, 0.29) is 29.8 Å². The highest BCUT2D eigenvalue weighted by Gasteiger charge is 2.33. The van der Waals surface area contributed by atoms with E-state index < -0.39 is 5.97 Å². The molecule has 0 fully saturated rings. The molecule has 18 heavy (non-hydrogen) atoms. The van der Waals surface area contributed by atoms with Gasteiger partial charge in [0.15, 0.2) is 0 Å².